The molecule has 2 unspecified atom stereocenters. The molecule has 2 atom stereocenters. The molecule has 1 heterocycles. The van der Waals surface area contributed by atoms with Gasteiger partial charge in [0.05, 0.1) is 7.11 Å². The molecule has 0 aromatic heterocycles. The van der Waals surface area contributed by atoms with Gasteiger partial charge in [0.2, 0.25) is 0 Å². The average molecular weight is 219 g/mol. The quantitative estimate of drug-likeness (QED) is 0.842. The summed E-state index contributed by atoms with van der Waals surface area (Å²) in [7, 11) is 1.73. The molecule has 0 aliphatic carbocycles. The Morgan fingerprint density at radius 3 is 2.69 bits per heavy atom. The van der Waals surface area contributed by atoms with Crippen molar-refractivity contribution < 1.29 is 4.74 Å². The number of hydrogen-bond acceptors (Lipinski definition) is 2. The Morgan fingerprint density at radius 2 is 2.06 bits per heavy atom. The fourth-order valence-electron chi connectivity index (χ4n) is 2.59. The van der Waals surface area contributed by atoms with Crippen LogP contribution in [0.3, 0.4) is 0 Å². The van der Waals surface area contributed by atoms with Crippen LogP contribution in [0, 0.1) is 0 Å². The van der Waals surface area contributed by atoms with E-state index in [1.807, 2.05) is 0 Å². The maximum Gasteiger partial charge on any atom is 0.119 e. The molecule has 0 radical (unpaired) electrons. The lowest BCUT2D eigenvalue weighted by Crippen LogP contribution is -2.32. The van der Waals surface area contributed by atoms with Gasteiger partial charge in [-0.05, 0) is 42.0 Å². The monoisotopic (exact) mass is 219 g/mol. The number of ether oxygens (including phenoxy) is 1. The normalized spacial score (nSPS) is 23.9. The number of methoxy groups -OCH3 is 1. The van der Waals surface area contributed by atoms with Gasteiger partial charge in [-0.25, -0.2) is 0 Å². The summed E-state index contributed by atoms with van der Waals surface area (Å²) in [6.07, 6.45) is 2.33. The minimum absolute atomic E-state index is 0.493. The van der Waals surface area contributed by atoms with Crippen molar-refractivity contribution in [3.05, 3.63) is 29.3 Å². The summed E-state index contributed by atoms with van der Waals surface area (Å²) in [4.78, 5) is 0. The van der Waals surface area contributed by atoms with Crippen molar-refractivity contribution in [1.82, 2.24) is 5.32 Å². The van der Waals surface area contributed by atoms with Crippen molar-refractivity contribution in [3.8, 4) is 5.75 Å². The van der Waals surface area contributed by atoms with Crippen molar-refractivity contribution in [2.45, 2.75) is 38.6 Å². The summed E-state index contributed by atoms with van der Waals surface area (Å²) >= 11 is 0. The SMILES string of the molecule is CCC1CNC(CC)c2cc(OC)ccc21. The highest BCUT2D eigenvalue weighted by atomic mass is 16.5. The lowest BCUT2D eigenvalue weighted by molar-refractivity contribution is 0.405. The highest BCUT2D eigenvalue weighted by molar-refractivity contribution is 5.41. The first kappa shape index (κ1) is 11.5. The summed E-state index contributed by atoms with van der Waals surface area (Å²) < 4.78 is 5.31. The molecule has 0 amide bonds. The largest absolute Gasteiger partial charge is 0.497 e. The van der Waals surface area contributed by atoms with Crippen molar-refractivity contribution >= 4 is 0 Å². The Morgan fingerprint density at radius 1 is 1.25 bits per heavy atom. The van der Waals surface area contributed by atoms with Gasteiger partial charge in [0.1, 0.15) is 5.75 Å². The van der Waals surface area contributed by atoms with Crippen molar-refractivity contribution in [2.24, 2.45) is 0 Å². The van der Waals surface area contributed by atoms with Crippen LogP contribution in [-0.2, 0) is 0 Å². The first-order valence-corrected chi connectivity index (χ1v) is 6.21. The molecule has 16 heavy (non-hydrogen) atoms. The van der Waals surface area contributed by atoms with Gasteiger partial charge in [-0.3, -0.25) is 0 Å². The van der Waals surface area contributed by atoms with E-state index < -0.39 is 0 Å². The van der Waals surface area contributed by atoms with Crippen molar-refractivity contribution in [3.63, 3.8) is 0 Å². The zero-order chi connectivity index (χ0) is 11.5. The predicted molar refractivity (Wildman–Crippen MR) is 67.1 cm³/mol. The first-order valence-electron chi connectivity index (χ1n) is 6.21. The Labute approximate surface area is 98.0 Å². The van der Waals surface area contributed by atoms with E-state index in [9.17, 15) is 0 Å². The molecule has 0 saturated carbocycles. The summed E-state index contributed by atoms with van der Waals surface area (Å²) in [5.41, 5.74) is 2.94. The molecule has 0 bridgehead atoms. The zero-order valence-electron chi connectivity index (χ0n) is 10.4. The Hall–Kier alpha value is -1.02. The van der Waals surface area contributed by atoms with E-state index in [0.29, 0.717) is 12.0 Å². The fourth-order valence-corrected chi connectivity index (χ4v) is 2.59. The van der Waals surface area contributed by atoms with Gasteiger partial charge in [-0.1, -0.05) is 19.9 Å². The average Bonchev–Trinajstić information content (AvgIpc) is 2.36. The molecule has 1 aromatic carbocycles. The lowest BCUT2D eigenvalue weighted by Gasteiger charge is -2.32. The van der Waals surface area contributed by atoms with Crippen LogP contribution in [-0.4, -0.2) is 13.7 Å². The van der Waals surface area contributed by atoms with Gasteiger partial charge in [-0.15, -0.1) is 0 Å². The van der Waals surface area contributed by atoms with Crippen LogP contribution < -0.4 is 10.1 Å². The second-order valence-electron chi connectivity index (χ2n) is 4.47. The molecule has 0 saturated heterocycles. The van der Waals surface area contributed by atoms with E-state index in [1.54, 1.807) is 7.11 Å². The first-order chi connectivity index (χ1) is 7.80. The van der Waals surface area contributed by atoms with Gasteiger partial charge in [-0.2, -0.15) is 0 Å². The molecule has 0 spiro atoms. The second-order valence-corrected chi connectivity index (χ2v) is 4.47. The van der Waals surface area contributed by atoms with E-state index in [2.05, 4.69) is 37.4 Å². The van der Waals surface area contributed by atoms with Crippen LogP contribution >= 0.6 is 0 Å². The summed E-state index contributed by atoms with van der Waals surface area (Å²) in [5.74, 6) is 1.62. The van der Waals surface area contributed by atoms with E-state index >= 15 is 0 Å². The molecule has 2 nitrogen and oxygen atoms in total. The molecule has 2 rings (SSSR count). The topological polar surface area (TPSA) is 21.3 Å². The third-order valence-corrected chi connectivity index (χ3v) is 3.62. The number of fused-ring (bicyclic) bond motifs is 1. The molecule has 1 aliphatic heterocycles. The standard InChI is InChI=1S/C14H21NO/c1-4-10-9-15-14(5-2)13-8-11(16-3)6-7-12(10)13/h6-8,10,14-15H,4-5,9H2,1-3H3. The summed E-state index contributed by atoms with van der Waals surface area (Å²) in [6, 6.07) is 7.01. The maximum absolute atomic E-state index is 5.31. The highest BCUT2D eigenvalue weighted by Crippen LogP contribution is 2.35. The number of nitrogens with one attached hydrogen (secondary N) is 1. The number of hydrogen-bond donors (Lipinski definition) is 1. The van der Waals surface area contributed by atoms with Crippen LogP contribution in [0.4, 0.5) is 0 Å². The van der Waals surface area contributed by atoms with Crippen molar-refractivity contribution in [2.75, 3.05) is 13.7 Å². The van der Waals surface area contributed by atoms with Gasteiger partial charge in [0.15, 0.2) is 0 Å². The van der Waals surface area contributed by atoms with Crippen molar-refractivity contribution in [1.29, 1.82) is 0 Å². The summed E-state index contributed by atoms with van der Waals surface area (Å²) in [5, 5.41) is 3.62. The van der Waals surface area contributed by atoms with E-state index in [1.165, 1.54) is 17.5 Å². The van der Waals surface area contributed by atoms with Crippen LogP contribution in [0.5, 0.6) is 5.75 Å². The molecule has 1 aromatic rings. The predicted octanol–water partition coefficient (Wildman–Crippen LogP) is 3.24. The van der Waals surface area contributed by atoms with Crippen LogP contribution in [0.25, 0.3) is 0 Å². The minimum atomic E-state index is 0.493. The zero-order valence-corrected chi connectivity index (χ0v) is 10.4. The summed E-state index contributed by atoms with van der Waals surface area (Å²) in [6.45, 7) is 5.59. The lowest BCUT2D eigenvalue weighted by atomic mass is 9.84. The number of rotatable bonds is 3. The molecule has 88 valence electrons. The number of benzene rings is 1. The molecule has 1 aliphatic rings. The maximum atomic E-state index is 5.31. The Bertz CT molecular complexity index is 362. The van der Waals surface area contributed by atoms with E-state index in [4.69, 9.17) is 4.74 Å². The smallest absolute Gasteiger partial charge is 0.119 e. The van der Waals surface area contributed by atoms with Gasteiger partial charge in [0.25, 0.3) is 0 Å². The van der Waals surface area contributed by atoms with Gasteiger partial charge in [0, 0.05) is 12.6 Å². The molecular weight excluding hydrogens is 198 g/mol. The van der Waals surface area contributed by atoms with E-state index in [0.717, 1.165) is 18.7 Å². The van der Waals surface area contributed by atoms with Gasteiger partial charge >= 0.3 is 0 Å². The van der Waals surface area contributed by atoms with Crippen LogP contribution in [0.2, 0.25) is 0 Å². The fraction of sp³-hybridized carbons (Fsp3) is 0.571. The van der Waals surface area contributed by atoms with Crippen LogP contribution in [0.15, 0.2) is 18.2 Å². The molecular formula is C14H21NO. The Balaban J connectivity index is 2.41. The second kappa shape index (κ2) is 4.88. The van der Waals surface area contributed by atoms with Crippen LogP contribution in [0.1, 0.15) is 49.8 Å². The third kappa shape index (κ3) is 1.94. The molecule has 0 fully saturated rings. The highest BCUT2D eigenvalue weighted by Gasteiger charge is 2.24. The minimum Gasteiger partial charge on any atom is -0.497 e. The van der Waals surface area contributed by atoms with E-state index in [-0.39, 0.29) is 0 Å². The Kier molecular flexibility index (Phi) is 3.49. The third-order valence-electron chi connectivity index (χ3n) is 3.62. The molecule has 1 N–H and O–H groups in total. The molecule has 2 heteroatoms. The van der Waals surface area contributed by atoms with Gasteiger partial charge < -0.3 is 10.1 Å².